The summed E-state index contributed by atoms with van der Waals surface area (Å²) in [7, 11) is 1.59. The Balaban J connectivity index is 1.13. The number of aryl methyl sites for hydroxylation is 1. The maximum Gasteiger partial charge on any atom is 0.262 e. The maximum absolute atomic E-state index is 13.6. The van der Waals surface area contributed by atoms with Gasteiger partial charge in [0.1, 0.15) is 5.65 Å². The van der Waals surface area contributed by atoms with Crippen LogP contribution in [0, 0.1) is 0 Å². The van der Waals surface area contributed by atoms with Crippen molar-refractivity contribution < 1.29 is 14.3 Å². The van der Waals surface area contributed by atoms with Crippen LogP contribution in [0.15, 0.2) is 71.7 Å². The Bertz CT molecular complexity index is 2260. The Hall–Kier alpha value is -4.81. The molecule has 7 rings (SSSR count). The molecule has 5 heterocycles. The summed E-state index contributed by atoms with van der Waals surface area (Å²) < 4.78 is 7.22. The molecule has 13 heteroatoms. The first-order chi connectivity index (χ1) is 25.7. The number of amides is 2. The van der Waals surface area contributed by atoms with Crippen molar-refractivity contribution in [1.29, 1.82) is 0 Å². The molecule has 0 saturated carbocycles. The number of pyridine rings is 2. The van der Waals surface area contributed by atoms with E-state index in [1.54, 1.807) is 17.7 Å². The van der Waals surface area contributed by atoms with Crippen LogP contribution in [-0.2, 0) is 29.1 Å². The van der Waals surface area contributed by atoms with E-state index in [2.05, 4.69) is 21.3 Å². The van der Waals surface area contributed by atoms with Crippen molar-refractivity contribution in [2.24, 2.45) is 0 Å². The molecule has 11 nitrogen and oxygen atoms in total. The predicted molar refractivity (Wildman–Crippen MR) is 207 cm³/mol. The molecular formula is C40H41Cl2N7O4. The van der Waals surface area contributed by atoms with Gasteiger partial charge in [-0.05, 0) is 43.0 Å². The molecule has 0 unspecified atom stereocenters. The Morgan fingerprint density at radius 2 is 1.43 bits per heavy atom. The van der Waals surface area contributed by atoms with Gasteiger partial charge in [0.05, 0.1) is 34.1 Å². The zero-order valence-electron chi connectivity index (χ0n) is 29.6. The van der Waals surface area contributed by atoms with Crippen LogP contribution in [0.25, 0.3) is 39.2 Å². The number of ether oxygens (including phenoxy) is 1. The zero-order chi connectivity index (χ0) is 37.1. The number of carbonyl (C=O) groups excluding carboxylic acids is 2. The quantitative estimate of drug-likeness (QED) is 0.120. The molecule has 2 fully saturated rings. The summed E-state index contributed by atoms with van der Waals surface area (Å²) >= 11 is 14.3. The summed E-state index contributed by atoms with van der Waals surface area (Å²) in [5.74, 6) is 0.647. The van der Waals surface area contributed by atoms with Gasteiger partial charge in [0.25, 0.3) is 5.56 Å². The molecular weight excluding hydrogens is 713 g/mol. The Labute approximate surface area is 317 Å². The third-order valence-electron chi connectivity index (χ3n) is 9.92. The SMILES string of the molecule is CCc1nc2cc(-c3cccc(-c4cccc(-c5ccc(CNC[C@H]6CCC(=O)N6)c(OC)n5)c4Cl)c3Cl)ccn2c(=O)c1CNC[C@H]1CCC(=O)N1. The number of aromatic nitrogens is 3. The van der Waals surface area contributed by atoms with E-state index in [0.717, 1.165) is 51.9 Å². The van der Waals surface area contributed by atoms with Crippen molar-refractivity contribution in [1.82, 2.24) is 35.6 Å². The van der Waals surface area contributed by atoms with Crippen molar-refractivity contribution in [3.05, 3.63) is 104 Å². The first-order valence-corrected chi connectivity index (χ1v) is 18.7. The smallest absolute Gasteiger partial charge is 0.262 e. The van der Waals surface area contributed by atoms with Crippen molar-refractivity contribution >= 4 is 40.7 Å². The number of halogens is 2. The zero-order valence-corrected chi connectivity index (χ0v) is 31.1. The van der Waals surface area contributed by atoms with E-state index >= 15 is 0 Å². The van der Waals surface area contributed by atoms with Gasteiger partial charge in [0, 0.05) is 85.1 Å². The summed E-state index contributed by atoms with van der Waals surface area (Å²) in [6.07, 6.45) is 5.05. The summed E-state index contributed by atoms with van der Waals surface area (Å²) in [6.45, 7) is 4.15. The number of nitrogens with zero attached hydrogens (tertiary/aromatic N) is 3. The lowest BCUT2D eigenvalue weighted by atomic mass is 9.97. The van der Waals surface area contributed by atoms with Gasteiger partial charge in [0.2, 0.25) is 17.7 Å². The van der Waals surface area contributed by atoms with Gasteiger partial charge in [-0.15, -0.1) is 0 Å². The minimum atomic E-state index is -0.126. The summed E-state index contributed by atoms with van der Waals surface area (Å²) in [4.78, 5) is 46.4. The van der Waals surface area contributed by atoms with E-state index in [1.807, 2.05) is 67.6 Å². The first kappa shape index (κ1) is 36.5. The fourth-order valence-electron chi connectivity index (χ4n) is 7.10. The van der Waals surface area contributed by atoms with E-state index in [0.29, 0.717) is 78.3 Å². The average molecular weight is 755 g/mol. The normalized spacial score (nSPS) is 17.0. The lowest BCUT2D eigenvalue weighted by molar-refractivity contribution is -0.120. The molecule has 2 aliphatic heterocycles. The molecule has 4 N–H and O–H groups in total. The van der Waals surface area contributed by atoms with Crippen LogP contribution in [0.1, 0.15) is 49.4 Å². The highest BCUT2D eigenvalue weighted by Gasteiger charge is 2.23. The van der Waals surface area contributed by atoms with Crippen LogP contribution in [0.3, 0.4) is 0 Å². The number of benzene rings is 2. The lowest BCUT2D eigenvalue weighted by Gasteiger charge is -2.16. The van der Waals surface area contributed by atoms with Gasteiger partial charge < -0.3 is 26.0 Å². The Morgan fingerprint density at radius 1 is 0.811 bits per heavy atom. The van der Waals surface area contributed by atoms with Crippen LogP contribution in [0.4, 0.5) is 0 Å². The number of fused-ring (bicyclic) bond motifs is 1. The fourth-order valence-corrected chi connectivity index (χ4v) is 7.76. The van der Waals surface area contributed by atoms with Gasteiger partial charge in [0.15, 0.2) is 0 Å². The second-order valence-electron chi connectivity index (χ2n) is 13.4. The second kappa shape index (κ2) is 16.1. The van der Waals surface area contributed by atoms with E-state index in [9.17, 15) is 14.4 Å². The van der Waals surface area contributed by atoms with Crippen LogP contribution in [-0.4, -0.2) is 58.5 Å². The monoisotopic (exact) mass is 753 g/mol. The average Bonchev–Trinajstić information content (AvgIpc) is 3.79. The highest BCUT2D eigenvalue weighted by Crippen LogP contribution is 2.42. The van der Waals surface area contributed by atoms with Crippen molar-refractivity contribution in [2.75, 3.05) is 20.2 Å². The molecule has 2 saturated heterocycles. The standard InChI is InChI=1S/C40H41Cl2N7O4/c1-3-32-31(22-44-21-26-12-15-36(51)46-26)40(52)49-17-16-23(18-34(49)47-32)27-6-4-7-28(37(27)41)29-8-5-9-30(38(29)42)33-13-10-24(39(48-33)53-2)19-43-20-25-11-14-35(50)45-25/h4-10,13,16-18,25-26,43-44H,3,11-12,14-15,19-22H2,1-2H3,(H,45,50)(H,46,51)/t25-,26-/m1/s1. The van der Waals surface area contributed by atoms with Gasteiger partial charge in [-0.3, -0.25) is 18.8 Å². The Kier molecular flexibility index (Phi) is 11.1. The number of nitrogens with one attached hydrogen (secondary N) is 4. The minimum Gasteiger partial charge on any atom is -0.481 e. The molecule has 2 aromatic carbocycles. The summed E-state index contributed by atoms with van der Waals surface area (Å²) in [5.41, 5.74) is 7.12. The van der Waals surface area contributed by atoms with E-state index in [1.165, 1.54) is 0 Å². The molecule has 0 bridgehead atoms. The topological polar surface area (TPSA) is 139 Å². The third kappa shape index (κ3) is 7.79. The predicted octanol–water partition coefficient (Wildman–Crippen LogP) is 5.70. The van der Waals surface area contributed by atoms with Crippen molar-refractivity contribution in [2.45, 2.75) is 64.2 Å². The molecule has 0 radical (unpaired) electrons. The minimum absolute atomic E-state index is 0.0646. The number of hydrogen-bond acceptors (Lipinski definition) is 8. The maximum atomic E-state index is 13.6. The second-order valence-corrected chi connectivity index (χ2v) is 14.2. The van der Waals surface area contributed by atoms with Crippen LogP contribution in [0.5, 0.6) is 5.88 Å². The molecule has 274 valence electrons. The largest absolute Gasteiger partial charge is 0.481 e. The molecule has 53 heavy (non-hydrogen) atoms. The van der Waals surface area contributed by atoms with Crippen LogP contribution >= 0.6 is 23.2 Å². The number of hydrogen-bond donors (Lipinski definition) is 4. The van der Waals surface area contributed by atoms with E-state index in [4.69, 9.17) is 37.9 Å². The van der Waals surface area contributed by atoms with Crippen LogP contribution in [0.2, 0.25) is 10.0 Å². The van der Waals surface area contributed by atoms with Gasteiger partial charge in [-0.25, -0.2) is 9.97 Å². The molecule has 2 amide bonds. The molecule has 0 spiro atoms. The Morgan fingerprint density at radius 3 is 2.06 bits per heavy atom. The van der Waals surface area contributed by atoms with Crippen LogP contribution < -0.4 is 31.6 Å². The number of methoxy groups -OCH3 is 1. The van der Waals surface area contributed by atoms with Crippen molar-refractivity contribution in [3.63, 3.8) is 0 Å². The fraction of sp³-hybridized carbons (Fsp3) is 0.325. The summed E-state index contributed by atoms with van der Waals surface area (Å²) in [5, 5.41) is 13.7. The molecule has 2 atom stereocenters. The lowest BCUT2D eigenvalue weighted by Crippen LogP contribution is -2.37. The molecule has 2 aliphatic rings. The first-order valence-electron chi connectivity index (χ1n) is 17.9. The van der Waals surface area contributed by atoms with Gasteiger partial charge in [-0.1, -0.05) is 72.6 Å². The summed E-state index contributed by atoms with van der Waals surface area (Å²) in [6, 6.07) is 19.4. The molecule has 0 aliphatic carbocycles. The van der Waals surface area contributed by atoms with Gasteiger partial charge >= 0.3 is 0 Å². The molecule has 3 aromatic heterocycles. The number of carbonyl (C=O) groups is 2. The highest BCUT2D eigenvalue weighted by molar-refractivity contribution is 6.39. The third-order valence-corrected chi connectivity index (χ3v) is 10.7. The molecule has 5 aromatic rings. The van der Waals surface area contributed by atoms with Crippen molar-refractivity contribution in [3.8, 4) is 39.4 Å². The highest BCUT2D eigenvalue weighted by atomic mass is 35.5. The van der Waals surface area contributed by atoms with E-state index in [-0.39, 0.29) is 29.5 Å². The van der Waals surface area contributed by atoms with E-state index < -0.39 is 0 Å². The number of rotatable bonds is 13. The van der Waals surface area contributed by atoms with Gasteiger partial charge in [-0.2, -0.15) is 0 Å².